The SMILES string of the molecule is COCCN(CCO)c1cc2c(cc1N)OCCO2. The Hall–Kier alpha value is -1.66. The Balaban J connectivity index is 2.25. The van der Waals surface area contributed by atoms with E-state index in [1.807, 2.05) is 11.0 Å². The molecule has 0 fully saturated rings. The largest absolute Gasteiger partial charge is 0.486 e. The Morgan fingerprint density at radius 2 is 1.95 bits per heavy atom. The maximum Gasteiger partial charge on any atom is 0.163 e. The normalized spacial score (nSPS) is 13.4. The Labute approximate surface area is 112 Å². The fourth-order valence-corrected chi connectivity index (χ4v) is 2.04. The quantitative estimate of drug-likeness (QED) is 0.731. The highest BCUT2D eigenvalue weighted by Gasteiger charge is 2.17. The molecular weight excluding hydrogens is 248 g/mol. The first-order chi connectivity index (χ1) is 9.26. The van der Waals surface area contributed by atoms with Gasteiger partial charge in [0.1, 0.15) is 13.2 Å². The minimum absolute atomic E-state index is 0.0532. The summed E-state index contributed by atoms with van der Waals surface area (Å²) in [5, 5.41) is 9.15. The average molecular weight is 268 g/mol. The molecule has 1 aromatic carbocycles. The Morgan fingerprint density at radius 3 is 2.58 bits per heavy atom. The molecule has 0 unspecified atom stereocenters. The molecule has 6 nitrogen and oxygen atoms in total. The summed E-state index contributed by atoms with van der Waals surface area (Å²) in [5.41, 5.74) is 7.48. The molecule has 19 heavy (non-hydrogen) atoms. The molecule has 0 saturated heterocycles. The summed E-state index contributed by atoms with van der Waals surface area (Å²) in [6, 6.07) is 3.62. The van der Waals surface area contributed by atoms with E-state index in [0.717, 1.165) is 5.69 Å². The van der Waals surface area contributed by atoms with Gasteiger partial charge in [-0.2, -0.15) is 0 Å². The van der Waals surface area contributed by atoms with Gasteiger partial charge in [-0.25, -0.2) is 0 Å². The predicted octanol–water partition coefficient (Wildman–Crippen LogP) is 0.485. The fraction of sp³-hybridized carbons (Fsp3) is 0.538. The first-order valence-electron chi connectivity index (χ1n) is 6.30. The van der Waals surface area contributed by atoms with E-state index in [1.54, 1.807) is 13.2 Å². The van der Waals surface area contributed by atoms with E-state index in [0.29, 0.717) is 50.1 Å². The first kappa shape index (κ1) is 13.8. The molecule has 0 amide bonds. The van der Waals surface area contributed by atoms with Crippen LogP contribution in [0.2, 0.25) is 0 Å². The molecular formula is C13H20N2O4. The molecule has 0 bridgehead atoms. The van der Waals surface area contributed by atoms with Gasteiger partial charge in [0, 0.05) is 32.3 Å². The number of anilines is 2. The molecule has 3 N–H and O–H groups in total. The standard InChI is InChI=1S/C13H20N2O4/c1-17-5-3-15(2-4-16)11-9-13-12(8-10(11)14)18-6-7-19-13/h8-9,16H,2-7,14H2,1H3. The molecule has 1 aliphatic rings. The number of nitrogens with zero attached hydrogens (tertiary/aromatic N) is 1. The summed E-state index contributed by atoms with van der Waals surface area (Å²) in [5.74, 6) is 1.36. The highest BCUT2D eigenvalue weighted by molar-refractivity contribution is 5.73. The van der Waals surface area contributed by atoms with Crippen molar-refractivity contribution in [3.05, 3.63) is 12.1 Å². The van der Waals surface area contributed by atoms with Gasteiger partial charge in [0.2, 0.25) is 0 Å². The second-order valence-corrected chi connectivity index (χ2v) is 4.26. The Bertz CT molecular complexity index is 425. The monoisotopic (exact) mass is 268 g/mol. The number of ether oxygens (including phenoxy) is 3. The third kappa shape index (κ3) is 3.21. The smallest absolute Gasteiger partial charge is 0.163 e. The first-order valence-corrected chi connectivity index (χ1v) is 6.30. The van der Waals surface area contributed by atoms with Crippen molar-refractivity contribution in [2.75, 3.05) is 57.3 Å². The van der Waals surface area contributed by atoms with Crippen LogP contribution in [0, 0.1) is 0 Å². The number of aliphatic hydroxyl groups excluding tert-OH is 1. The van der Waals surface area contributed by atoms with Crippen LogP contribution in [-0.4, -0.2) is 51.7 Å². The summed E-state index contributed by atoms with van der Waals surface area (Å²) in [4.78, 5) is 1.97. The van der Waals surface area contributed by atoms with Gasteiger partial charge in [0.25, 0.3) is 0 Å². The second kappa shape index (κ2) is 6.49. The van der Waals surface area contributed by atoms with Crippen LogP contribution >= 0.6 is 0 Å². The summed E-state index contributed by atoms with van der Waals surface area (Å²) >= 11 is 0. The highest BCUT2D eigenvalue weighted by Crippen LogP contribution is 2.38. The van der Waals surface area contributed by atoms with Crippen molar-refractivity contribution >= 4 is 11.4 Å². The number of rotatable bonds is 6. The van der Waals surface area contributed by atoms with Gasteiger partial charge >= 0.3 is 0 Å². The van der Waals surface area contributed by atoms with E-state index in [4.69, 9.17) is 25.1 Å². The molecule has 0 aliphatic carbocycles. The molecule has 1 aliphatic heterocycles. The fourth-order valence-electron chi connectivity index (χ4n) is 2.04. The van der Waals surface area contributed by atoms with Crippen molar-refractivity contribution in [2.45, 2.75) is 0 Å². The van der Waals surface area contributed by atoms with Gasteiger partial charge in [-0.05, 0) is 0 Å². The lowest BCUT2D eigenvalue weighted by Gasteiger charge is -2.27. The number of hydrogen-bond donors (Lipinski definition) is 2. The zero-order chi connectivity index (χ0) is 13.7. The predicted molar refractivity (Wildman–Crippen MR) is 73.0 cm³/mol. The molecule has 106 valence electrons. The topological polar surface area (TPSA) is 77.2 Å². The average Bonchev–Trinajstić information content (AvgIpc) is 2.43. The van der Waals surface area contributed by atoms with Crippen LogP contribution in [0.1, 0.15) is 0 Å². The van der Waals surface area contributed by atoms with Crippen molar-refractivity contribution in [1.82, 2.24) is 0 Å². The van der Waals surface area contributed by atoms with Gasteiger partial charge in [-0.3, -0.25) is 0 Å². The van der Waals surface area contributed by atoms with Gasteiger partial charge < -0.3 is 30.0 Å². The summed E-state index contributed by atoms with van der Waals surface area (Å²) in [6.07, 6.45) is 0. The molecule has 6 heteroatoms. The maximum atomic E-state index is 9.15. The van der Waals surface area contributed by atoms with Gasteiger partial charge in [0.15, 0.2) is 11.5 Å². The lowest BCUT2D eigenvalue weighted by Crippen LogP contribution is -2.31. The number of nitrogens with two attached hydrogens (primary N) is 1. The Morgan fingerprint density at radius 1 is 1.26 bits per heavy atom. The number of aliphatic hydroxyl groups is 1. The maximum absolute atomic E-state index is 9.15. The van der Waals surface area contributed by atoms with Crippen LogP contribution in [0.4, 0.5) is 11.4 Å². The minimum Gasteiger partial charge on any atom is -0.486 e. The van der Waals surface area contributed by atoms with E-state index in [1.165, 1.54) is 0 Å². The number of nitrogen functional groups attached to an aromatic ring is 1. The van der Waals surface area contributed by atoms with Crippen LogP contribution in [0.25, 0.3) is 0 Å². The van der Waals surface area contributed by atoms with Crippen LogP contribution in [0.5, 0.6) is 11.5 Å². The lowest BCUT2D eigenvalue weighted by molar-refractivity contribution is 0.171. The van der Waals surface area contributed by atoms with Crippen LogP contribution in [0.3, 0.4) is 0 Å². The van der Waals surface area contributed by atoms with Crippen LogP contribution < -0.4 is 20.1 Å². The van der Waals surface area contributed by atoms with Gasteiger partial charge in [0.05, 0.1) is 24.6 Å². The zero-order valence-corrected chi connectivity index (χ0v) is 11.1. The number of fused-ring (bicyclic) bond motifs is 1. The van der Waals surface area contributed by atoms with Crippen molar-refractivity contribution in [3.63, 3.8) is 0 Å². The van der Waals surface area contributed by atoms with Crippen LogP contribution in [-0.2, 0) is 4.74 Å². The molecule has 0 aromatic heterocycles. The lowest BCUT2D eigenvalue weighted by atomic mass is 10.2. The third-order valence-electron chi connectivity index (χ3n) is 2.97. The molecule has 0 radical (unpaired) electrons. The van der Waals surface area contributed by atoms with Gasteiger partial charge in [-0.15, -0.1) is 0 Å². The van der Waals surface area contributed by atoms with Crippen molar-refractivity contribution in [2.24, 2.45) is 0 Å². The molecule has 1 heterocycles. The van der Waals surface area contributed by atoms with Crippen molar-refractivity contribution in [3.8, 4) is 11.5 Å². The van der Waals surface area contributed by atoms with Crippen molar-refractivity contribution in [1.29, 1.82) is 0 Å². The summed E-state index contributed by atoms with van der Waals surface area (Å²) in [6.45, 7) is 2.84. The molecule has 0 spiro atoms. The Kier molecular flexibility index (Phi) is 4.70. The number of benzene rings is 1. The molecule has 2 rings (SSSR count). The number of methoxy groups -OCH3 is 1. The van der Waals surface area contributed by atoms with Crippen molar-refractivity contribution < 1.29 is 19.3 Å². The number of hydrogen-bond acceptors (Lipinski definition) is 6. The zero-order valence-electron chi connectivity index (χ0n) is 11.1. The molecule has 1 aromatic rings. The van der Waals surface area contributed by atoms with E-state index in [9.17, 15) is 0 Å². The summed E-state index contributed by atoms with van der Waals surface area (Å²) in [7, 11) is 1.64. The van der Waals surface area contributed by atoms with E-state index in [-0.39, 0.29) is 6.61 Å². The molecule has 0 saturated carbocycles. The third-order valence-corrected chi connectivity index (χ3v) is 2.97. The summed E-state index contributed by atoms with van der Waals surface area (Å²) < 4.78 is 16.1. The highest BCUT2D eigenvalue weighted by atomic mass is 16.6. The van der Waals surface area contributed by atoms with Crippen LogP contribution in [0.15, 0.2) is 12.1 Å². The second-order valence-electron chi connectivity index (χ2n) is 4.26. The van der Waals surface area contributed by atoms with E-state index in [2.05, 4.69) is 0 Å². The van der Waals surface area contributed by atoms with E-state index >= 15 is 0 Å². The molecule has 0 atom stereocenters. The minimum atomic E-state index is 0.0532. The van der Waals surface area contributed by atoms with Gasteiger partial charge in [-0.1, -0.05) is 0 Å². The van der Waals surface area contributed by atoms with E-state index < -0.39 is 0 Å².